The molecule has 146 valence electrons. The molecule has 8 nitrogen and oxygen atoms in total. The molecule has 2 saturated heterocycles. The van der Waals surface area contributed by atoms with Crippen LogP contribution in [0.4, 0.5) is 0 Å². The Labute approximate surface area is 154 Å². The lowest BCUT2D eigenvalue weighted by Gasteiger charge is -2.35. The van der Waals surface area contributed by atoms with Gasteiger partial charge < -0.3 is 14.9 Å². The average Bonchev–Trinajstić information content (AvgIpc) is 3.13. The van der Waals surface area contributed by atoms with Crippen molar-refractivity contribution >= 4 is 17.8 Å². The van der Waals surface area contributed by atoms with Crippen molar-refractivity contribution in [3.8, 4) is 0 Å². The van der Waals surface area contributed by atoms with E-state index in [-0.39, 0.29) is 17.7 Å². The fraction of sp³-hybridized carbons (Fsp3) is 0.833. The number of carboxylic acids is 1. The third-order valence-electron chi connectivity index (χ3n) is 6.31. The lowest BCUT2D eigenvalue weighted by Crippen LogP contribution is -2.52. The first-order valence-electron chi connectivity index (χ1n) is 9.48. The van der Waals surface area contributed by atoms with Gasteiger partial charge in [-0.2, -0.15) is 0 Å². The standard InChI is InChI=1S/C18H30N4O4/c1-19(2)15(23)11-20-6-8-22(9-7-20)16(24)12-21-10-14-4-3-5-18(14,13-21)17(25)26/h14H,3-13H2,1-2H3,(H,25,26)/t14-,18+/m0/s1. The number of hydrogen-bond acceptors (Lipinski definition) is 5. The zero-order valence-corrected chi connectivity index (χ0v) is 15.8. The van der Waals surface area contributed by atoms with E-state index in [1.807, 2.05) is 9.80 Å². The van der Waals surface area contributed by atoms with Crippen LogP contribution in [0.3, 0.4) is 0 Å². The highest BCUT2D eigenvalue weighted by atomic mass is 16.4. The molecule has 1 aliphatic carbocycles. The minimum atomic E-state index is -0.700. The molecule has 1 N–H and O–H groups in total. The number of carbonyl (C=O) groups excluding carboxylic acids is 2. The van der Waals surface area contributed by atoms with Crippen LogP contribution < -0.4 is 0 Å². The normalized spacial score (nSPS) is 29.6. The van der Waals surface area contributed by atoms with Gasteiger partial charge in [-0.1, -0.05) is 6.42 Å². The lowest BCUT2D eigenvalue weighted by molar-refractivity contribution is -0.149. The maximum Gasteiger partial charge on any atom is 0.311 e. The minimum Gasteiger partial charge on any atom is -0.481 e. The molecule has 8 heteroatoms. The average molecular weight is 366 g/mol. The molecule has 2 heterocycles. The van der Waals surface area contributed by atoms with Crippen molar-refractivity contribution in [3.05, 3.63) is 0 Å². The van der Waals surface area contributed by atoms with Gasteiger partial charge in [-0.3, -0.25) is 24.2 Å². The van der Waals surface area contributed by atoms with Crippen molar-refractivity contribution in [2.75, 3.05) is 66.5 Å². The summed E-state index contributed by atoms with van der Waals surface area (Å²) in [6.45, 7) is 4.57. The first-order chi connectivity index (χ1) is 12.3. The SMILES string of the molecule is CN(C)C(=O)CN1CCN(C(=O)CN2C[C@@H]3CCC[C@@]3(C(=O)O)C2)CC1. The molecule has 26 heavy (non-hydrogen) atoms. The topological polar surface area (TPSA) is 84.4 Å². The zero-order valence-electron chi connectivity index (χ0n) is 15.8. The first-order valence-corrected chi connectivity index (χ1v) is 9.48. The molecular formula is C18H30N4O4. The van der Waals surface area contributed by atoms with Crippen LogP contribution in [-0.4, -0.2) is 109 Å². The highest BCUT2D eigenvalue weighted by Gasteiger charge is 2.54. The summed E-state index contributed by atoms with van der Waals surface area (Å²) in [6, 6.07) is 0. The number of amides is 2. The van der Waals surface area contributed by atoms with Gasteiger partial charge in [0.1, 0.15) is 0 Å². The Morgan fingerprint density at radius 2 is 1.77 bits per heavy atom. The molecule has 3 fully saturated rings. The van der Waals surface area contributed by atoms with Crippen molar-refractivity contribution in [1.29, 1.82) is 0 Å². The van der Waals surface area contributed by atoms with Crippen molar-refractivity contribution in [3.63, 3.8) is 0 Å². The predicted molar refractivity (Wildman–Crippen MR) is 95.6 cm³/mol. The molecular weight excluding hydrogens is 336 g/mol. The number of fused-ring (bicyclic) bond motifs is 1. The second kappa shape index (κ2) is 7.52. The Kier molecular flexibility index (Phi) is 5.53. The van der Waals surface area contributed by atoms with E-state index in [2.05, 4.69) is 4.90 Å². The Balaban J connectivity index is 1.47. The Morgan fingerprint density at radius 1 is 1.08 bits per heavy atom. The molecule has 1 saturated carbocycles. The van der Waals surface area contributed by atoms with E-state index < -0.39 is 11.4 Å². The van der Waals surface area contributed by atoms with Gasteiger partial charge in [0.15, 0.2) is 0 Å². The van der Waals surface area contributed by atoms with Gasteiger partial charge in [-0.15, -0.1) is 0 Å². The van der Waals surface area contributed by atoms with E-state index in [1.54, 1.807) is 19.0 Å². The van der Waals surface area contributed by atoms with Crippen LogP contribution in [0.5, 0.6) is 0 Å². The van der Waals surface area contributed by atoms with Gasteiger partial charge in [-0.25, -0.2) is 0 Å². The molecule has 0 bridgehead atoms. The first kappa shape index (κ1) is 19.1. The Hall–Kier alpha value is -1.67. The summed E-state index contributed by atoms with van der Waals surface area (Å²) in [4.78, 5) is 43.7. The molecule has 3 aliphatic rings. The molecule has 0 aromatic heterocycles. The number of hydrogen-bond donors (Lipinski definition) is 1. The number of likely N-dealkylation sites (tertiary alicyclic amines) is 1. The van der Waals surface area contributed by atoms with Crippen LogP contribution in [0.25, 0.3) is 0 Å². The quantitative estimate of drug-likeness (QED) is 0.700. The monoisotopic (exact) mass is 366 g/mol. The second-order valence-corrected chi connectivity index (χ2v) is 8.17. The van der Waals surface area contributed by atoms with E-state index in [1.165, 1.54) is 0 Å². The molecule has 0 aromatic rings. The number of aliphatic carboxylic acids is 1. The lowest BCUT2D eigenvalue weighted by atomic mass is 9.81. The van der Waals surface area contributed by atoms with Gasteiger partial charge >= 0.3 is 5.97 Å². The van der Waals surface area contributed by atoms with Gasteiger partial charge in [0.25, 0.3) is 0 Å². The van der Waals surface area contributed by atoms with E-state index in [0.29, 0.717) is 45.8 Å². The number of nitrogens with zero attached hydrogens (tertiary/aromatic N) is 4. The fourth-order valence-corrected chi connectivity index (χ4v) is 4.64. The van der Waals surface area contributed by atoms with E-state index in [9.17, 15) is 19.5 Å². The molecule has 2 atom stereocenters. The molecule has 0 aromatic carbocycles. The number of carboxylic acid groups (broad SMARTS) is 1. The number of likely N-dealkylation sites (N-methyl/N-ethyl adjacent to an activating group) is 1. The van der Waals surface area contributed by atoms with Crippen molar-refractivity contribution in [2.45, 2.75) is 19.3 Å². The smallest absolute Gasteiger partial charge is 0.311 e. The summed E-state index contributed by atoms with van der Waals surface area (Å²) in [5.41, 5.74) is -0.633. The minimum absolute atomic E-state index is 0.0732. The van der Waals surface area contributed by atoms with Gasteiger partial charge in [0, 0.05) is 53.4 Å². The van der Waals surface area contributed by atoms with Gasteiger partial charge in [0.05, 0.1) is 18.5 Å². The maximum atomic E-state index is 12.6. The van der Waals surface area contributed by atoms with Crippen LogP contribution in [0.2, 0.25) is 0 Å². The van der Waals surface area contributed by atoms with Crippen LogP contribution in [0.1, 0.15) is 19.3 Å². The largest absolute Gasteiger partial charge is 0.481 e. The number of carbonyl (C=O) groups is 3. The number of piperazine rings is 1. The fourth-order valence-electron chi connectivity index (χ4n) is 4.64. The summed E-state index contributed by atoms with van der Waals surface area (Å²) < 4.78 is 0. The van der Waals surface area contributed by atoms with Crippen molar-refractivity contribution in [2.24, 2.45) is 11.3 Å². The third-order valence-corrected chi connectivity index (χ3v) is 6.31. The third kappa shape index (κ3) is 3.71. The van der Waals surface area contributed by atoms with Gasteiger partial charge in [-0.05, 0) is 18.8 Å². The highest BCUT2D eigenvalue weighted by Crippen LogP contribution is 2.48. The van der Waals surface area contributed by atoms with Crippen LogP contribution in [0.15, 0.2) is 0 Å². The van der Waals surface area contributed by atoms with Crippen LogP contribution in [0, 0.1) is 11.3 Å². The highest BCUT2D eigenvalue weighted by molar-refractivity contribution is 5.80. The molecule has 0 radical (unpaired) electrons. The van der Waals surface area contributed by atoms with E-state index in [4.69, 9.17) is 0 Å². The summed E-state index contributed by atoms with van der Waals surface area (Å²) in [7, 11) is 3.49. The van der Waals surface area contributed by atoms with E-state index in [0.717, 1.165) is 25.8 Å². The summed E-state index contributed by atoms with van der Waals surface area (Å²) in [6.07, 6.45) is 2.66. The molecule has 0 unspecified atom stereocenters. The second-order valence-electron chi connectivity index (χ2n) is 8.17. The van der Waals surface area contributed by atoms with Gasteiger partial charge in [0.2, 0.25) is 11.8 Å². The summed E-state index contributed by atoms with van der Waals surface area (Å²) >= 11 is 0. The van der Waals surface area contributed by atoms with Crippen LogP contribution in [-0.2, 0) is 14.4 Å². The molecule has 3 rings (SSSR count). The maximum absolute atomic E-state index is 12.6. The molecule has 2 aliphatic heterocycles. The van der Waals surface area contributed by atoms with Crippen LogP contribution >= 0.6 is 0 Å². The van der Waals surface area contributed by atoms with E-state index >= 15 is 0 Å². The number of rotatable bonds is 5. The Bertz CT molecular complexity index is 574. The Morgan fingerprint density at radius 3 is 2.35 bits per heavy atom. The predicted octanol–water partition coefficient (Wildman–Crippen LogP) is -0.594. The summed E-state index contributed by atoms with van der Waals surface area (Å²) in [5.74, 6) is -0.368. The molecule has 2 amide bonds. The summed E-state index contributed by atoms with van der Waals surface area (Å²) in [5, 5.41) is 9.66. The zero-order chi connectivity index (χ0) is 18.9. The molecule has 0 spiro atoms. The van der Waals surface area contributed by atoms with Crippen molar-refractivity contribution < 1.29 is 19.5 Å². The van der Waals surface area contributed by atoms with Crippen molar-refractivity contribution in [1.82, 2.24) is 19.6 Å².